The molecule has 9 aromatic rings. The number of anilines is 1. The normalized spacial score (nSPS) is 13.0. The number of carbonyl (C=O) groups is 2. The highest BCUT2D eigenvalue weighted by Gasteiger charge is 2.43. The standard InChI is InChI=1S/C52H30F6N2O2/c53-51(54,55)35-26-27-36(43(30-35)52(56,57)58)38-21-12-22-39-37-20-10-11-24-44(37)59(47(38)39)45-25-13-23-40-46(45)50(62)60(49(40)61)48-41(32-16-6-2-7-17-32)28-34(31-14-4-1-5-15-31)29-42(48)33-18-8-3-9-19-33/h1-30H. The lowest BCUT2D eigenvalue weighted by Crippen LogP contribution is -2.30. The Labute approximate surface area is 350 Å². The molecule has 0 atom stereocenters. The first-order valence-electron chi connectivity index (χ1n) is 19.6. The zero-order valence-corrected chi connectivity index (χ0v) is 32.3. The van der Waals surface area contributed by atoms with E-state index in [4.69, 9.17) is 0 Å². The second-order valence-corrected chi connectivity index (χ2v) is 15.0. The van der Waals surface area contributed by atoms with E-state index in [2.05, 4.69) is 0 Å². The minimum absolute atomic E-state index is 0.0137. The number of imide groups is 1. The van der Waals surface area contributed by atoms with E-state index >= 15 is 9.59 Å². The molecule has 0 N–H and O–H groups in total. The molecule has 302 valence electrons. The van der Waals surface area contributed by atoms with Gasteiger partial charge in [-0.05, 0) is 70.3 Å². The lowest BCUT2D eigenvalue weighted by molar-refractivity contribution is -0.142. The van der Waals surface area contributed by atoms with Crippen LogP contribution < -0.4 is 4.90 Å². The Bertz CT molecular complexity index is 3190. The maximum atomic E-state index is 15.4. The molecule has 0 saturated heterocycles. The molecule has 0 saturated carbocycles. The summed E-state index contributed by atoms with van der Waals surface area (Å²) in [6.07, 6.45) is -10.2. The largest absolute Gasteiger partial charge is 0.417 e. The van der Waals surface area contributed by atoms with Crippen LogP contribution in [-0.2, 0) is 12.4 Å². The summed E-state index contributed by atoms with van der Waals surface area (Å²) in [5.41, 5.74) is 2.48. The zero-order chi connectivity index (χ0) is 42.9. The molecule has 0 aliphatic carbocycles. The number of hydrogen-bond acceptors (Lipinski definition) is 2. The lowest BCUT2D eigenvalue weighted by atomic mass is 9.90. The summed E-state index contributed by atoms with van der Waals surface area (Å²) in [4.78, 5) is 31.6. The molecule has 2 amide bonds. The number of nitrogens with zero attached hydrogens (tertiary/aromatic N) is 2. The molecule has 1 aliphatic rings. The van der Waals surface area contributed by atoms with Crippen LogP contribution in [0.15, 0.2) is 182 Å². The van der Waals surface area contributed by atoms with Gasteiger partial charge in [0.15, 0.2) is 0 Å². The average molecular weight is 829 g/mol. The second kappa shape index (κ2) is 14.5. The Hall–Kier alpha value is -7.72. The summed E-state index contributed by atoms with van der Waals surface area (Å²) in [7, 11) is 0. The molecule has 10 rings (SSSR count). The van der Waals surface area contributed by atoms with Crippen LogP contribution >= 0.6 is 0 Å². The van der Waals surface area contributed by atoms with Gasteiger partial charge in [-0.25, -0.2) is 4.90 Å². The van der Waals surface area contributed by atoms with Crippen LogP contribution in [0, 0.1) is 0 Å². The number of hydrogen-bond donors (Lipinski definition) is 0. The molecular weight excluding hydrogens is 799 g/mol. The number of halogens is 6. The number of carbonyl (C=O) groups excluding carboxylic acids is 2. The third kappa shape index (κ3) is 6.25. The molecule has 0 fully saturated rings. The number of alkyl halides is 6. The van der Waals surface area contributed by atoms with E-state index in [1.807, 2.05) is 103 Å². The predicted octanol–water partition coefficient (Wildman–Crippen LogP) is 14.3. The number of para-hydroxylation sites is 2. The van der Waals surface area contributed by atoms with E-state index < -0.39 is 40.9 Å². The fourth-order valence-corrected chi connectivity index (χ4v) is 8.68. The molecule has 62 heavy (non-hydrogen) atoms. The quantitative estimate of drug-likeness (QED) is 0.124. The van der Waals surface area contributed by atoms with Crippen molar-refractivity contribution in [3.63, 3.8) is 0 Å². The number of amides is 2. The monoisotopic (exact) mass is 828 g/mol. The summed E-state index contributed by atoms with van der Waals surface area (Å²) < 4.78 is 87.4. The third-order valence-electron chi connectivity index (χ3n) is 11.4. The Morgan fingerprint density at radius 3 is 1.56 bits per heavy atom. The smallest absolute Gasteiger partial charge is 0.308 e. The van der Waals surface area contributed by atoms with Gasteiger partial charge in [0.25, 0.3) is 11.8 Å². The number of aromatic nitrogens is 1. The van der Waals surface area contributed by atoms with Gasteiger partial charge in [0, 0.05) is 27.5 Å². The molecule has 1 aliphatic heterocycles. The topological polar surface area (TPSA) is 42.3 Å². The van der Waals surface area contributed by atoms with Crippen LogP contribution in [0.3, 0.4) is 0 Å². The molecule has 0 bridgehead atoms. The number of rotatable bonds is 6. The first-order valence-corrected chi connectivity index (χ1v) is 19.6. The van der Waals surface area contributed by atoms with Crippen molar-refractivity contribution in [1.29, 1.82) is 0 Å². The summed E-state index contributed by atoms with van der Waals surface area (Å²) >= 11 is 0. The van der Waals surface area contributed by atoms with Gasteiger partial charge >= 0.3 is 12.4 Å². The van der Waals surface area contributed by atoms with Gasteiger partial charge in [0.1, 0.15) is 0 Å². The molecule has 10 heteroatoms. The molecule has 0 spiro atoms. The highest BCUT2D eigenvalue weighted by molar-refractivity contribution is 6.37. The van der Waals surface area contributed by atoms with Crippen molar-refractivity contribution < 1.29 is 35.9 Å². The van der Waals surface area contributed by atoms with Crippen molar-refractivity contribution in [3.05, 3.63) is 204 Å². The highest BCUT2D eigenvalue weighted by atomic mass is 19.4. The minimum atomic E-state index is -5.16. The van der Waals surface area contributed by atoms with Gasteiger partial charge in [0.05, 0.1) is 44.7 Å². The Balaban J connectivity index is 1.24. The van der Waals surface area contributed by atoms with Crippen LogP contribution in [0.4, 0.5) is 32.0 Å². The maximum absolute atomic E-state index is 15.4. The summed E-state index contributed by atoms with van der Waals surface area (Å²) in [6.45, 7) is 0. The van der Waals surface area contributed by atoms with E-state index in [-0.39, 0.29) is 34.0 Å². The predicted molar refractivity (Wildman–Crippen MR) is 230 cm³/mol. The molecule has 1 aromatic heterocycles. The lowest BCUT2D eigenvalue weighted by Gasteiger charge is -2.24. The van der Waals surface area contributed by atoms with Gasteiger partial charge in [-0.1, -0.05) is 140 Å². The average Bonchev–Trinajstić information content (AvgIpc) is 3.76. The summed E-state index contributed by atoms with van der Waals surface area (Å²) in [5, 5.41) is 1.11. The van der Waals surface area contributed by atoms with Crippen LogP contribution in [0.25, 0.3) is 72.0 Å². The van der Waals surface area contributed by atoms with Gasteiger partial charge in [0.2, 0.25) is 0 Å². The van der Waals surface area contributed by atoms with Crippen molar-refractivity contribution in [1.82, 2.24) is 4.57 Å². The Kier molecular flexibility index (Phi) is 8.99. The highest BCUT2D eigenvalue weighted by Crippen LogP contribution is 2.49. The molecule has 8 aromatic carbocycles. The Morgan fingerprint density at radius 2 is 0.952 bits per heavy atom. The molecule has 4 nitrogen and oxygen atoms in total. The first-order chi connectivity index (χ1) is 29.9. The maximum Gasteiger partial charge on any atom is 0.417 e. The molecular formula is C52H30F6N2O2. The van der Waals surface area contributed by atoms with E-state index in [0.29, 0.717) is 39.2 Å². The number of fused-ring (bicyclic) bond motifs is 4. The minimum Gasteiger partial charge on any atom is -0.308 e. The van der Waals surface area contributed by atoms with Crippen LogP contribution in [0.5, 0.6) is 0 Å². The Morgan fingerprint density at radius 1 is 0.403 bits per heavy atom. The second-order valence-electron chi connectivity index (χ2n) is 15.0. The SMILES string of the molecule is O=C1c2cccc(-n3c4ccccc4c4cccc(-c5ccc(C(F)(F)F)cc5C(F)(F)F)c43)c2C(=O)N1c1c(-c2ccccc2)cc(-c2ccccc2)cc1-c1ccccc1. The van der Waals surface area contributed by atoms with E-state index in [1.54, 1.807) is 59.2 Å². The van der Waals surface area contributed by atoms with Crippen LogP contribution in [-0.4, -0.2) is 16.4 Å². The summed E-state index contributed by atoms with van der Waals surface area (Å²) in [5.74, 6) is -1.26. The van der Waals surface area contributed by atoms with E-state index in [9.17, 15) is 26.3 Å². The van der Waals surface area contributed by atoms with Crippen LogP contribution in [0.1, 0.15) is 31.8 Å². The molecule has 0 unspecified atom stereocenters. The van der Waals surface area contributed by atoms with Gasteiger partial charge in [-0.15, -0.1) is 0 Å². The van der Waals surface area contributed by atoms with E-state index in [0.717, 1.165) is 28.3 Å². The van der Waals surface area contributed by atoms with Crippen molar-refractivity contribution in [2.24, 2.45) is 0 Å². The van der Waals surface area contributed by atoms with E-state index in [1.165, 1.54) is 11.0 Å². The van der Waals surface area contributed by atoms with Gasteiger partial charge < -0.3 is 4.57 Å². The molecule has 2 heterocycles. The number of benzene rings is 8. The zero-order valence-electron chi connectivity index (χ0n) is 32.3. The first kappa shape index (κ1) is 38.5. The van der Waals surface area contributed by atoms with Crippen molar-refractivity contribution in [2.45, 2.75) is 12.4 Å². The van der Waals surface area contributed by atoms with Gasteiger partial charge in [-0.3, -0.25) is 9.59 Å². The van der Waals surface area contributed by atoms with Crippen molar-refractivity contribution in [2.75, 3.05) is 4.90 Å². The third-order valence-corrected chi connectivity index (χ3v) is 11.4. The fraction of sp³-hybridized carbons (Fsp3) is 0.0385. The van der Waals surface area contributed by atoms with Gasteiger partial charge in [-0.2, -0.15) is 26.3 Å². The van der Waals surface area contributed by atoms with Crippen molar-refractivity contribution >= 4 is 39.3 Å². The summed E-state index contributed by atoms with van der Waals surface area (Å²) in [6, 6.07) is 50.6. The van der Waals surface area contributed by atoms with Crippen LogP contribution in [0.2, 0.25) is 0 Å². The van der Waals surface area contributed by atoms with Crippen molar-refractivity contribution in [3.8, 4) is 50.2 Å². The molecule has 0 radical (unpaired) electrons. The fourth-order valence-electron chi connectivity index (χ4n) is 8.68.